The van der Waals surface area contributed by atoms with Gasteiger partial charge in [-0.15, -0.1) is 0 Å². The van der Waals surface area contributed by atoms with E-state index in [1.54, 1.807) is 7.11 Å². The summed E-state index contributed by atoms with van der Waals surface area (Å²) in [6, 6.07) is 9.39. The highest BCUT2D eigenvalue weighted by atomic mass is 79.9. The molecule has 3 aromatic rings. The molecule has 0 aliphatic carbocycles. The van der Waals surface area contributed by atoms with Crippen molar-refractivity contribution in [3.05, 3.63) is 41.1 Å². The summed E-state index contributed by atoms with van der Waals surface area (Å²) in [4.78, 5) is 21.4. The number of nitrogens with zero attached hydrogens (tertiary/aromatic N) is 3. The van der Waals surface area contributed by atoms with E-state index < -0.39 is 6.09 Å². The van der Waals surface area contributed by atoms with Gasteiger partial charge >= 0.3 is 6.09 Å². The number of ether oxygens (including phenoxy) is 3. The van der Waals surface area contributed by atoms with Crippen molar-refractivity contribution < 1.29 is 24.1 Å². The van der Waals surface area contributed by atoms with E-state index >= 15 is 0 Å². The molecule has 4 rings (SSSR count). The van der Waals surface area contributed by atoms with Crippen molar-refractivity contribution in [3.8, 4) is 17.2 Å². The van der Waals surface area contributed by atoms with Crippen LogP contribution in [0.15, 0.2) is 41.1 Å². The molecule has 2 aromatic carbocycles. The highest BCUT2D eigenvalue weighted by molar-refractivity contribution is 9.10. The van der Waals surface area contributed by atoms with E-state index in [2.05, 4.69) is 31.2 Å². The highest BCUT2D eigenvalue weighted by Gasteiger charge is 2.25. The number of anilines is 2. The minimum atomic E-state index is -0.898. The molecule has 1 aliphatic heterocycles. The quantitative estimate of drug-likeness (QED) is 0.448. The molecule has 0 spiro atoms. The molecule has 2 N–H and O–H groups in total. The molecule has 1 aromatic heterocycles. The first-order valence-corrected chi connectivity index (χ1v) is 11.4. The summed E-state index contributed by atoms with van der Waals surface area (Å²) in [5.41, 5.74) is 1.46. The van der Waals surface area contributed by atoms with Crippen LogP contribution in [0.4, 0.5) is 16.3 Å². The lowest BCUT2D eigenvalue weighted by atomic mass is 10.1. The Morgan fingerprint density at radius 1 is 1.18 bits per heavy atom. The molecule has 9 nitrogen and oxygen atoms in total. The van der Waals surface area contributed by atoms with E-state index in [4.69, 9.17) is 14.2 Å². The topological polar surface area (TPSA) is 106 Å². The second-order valence-corrected chi connectivity index (χ2v) is 8.44. The lowest BCUT2D eigenvalue weighted by molar-refractivity contribution is 0.0874. The molecule has 2 heterocycles. The minimum Gasteiger partial charge on any atom is -0.495 e. The first-order valence-electron chi connectivity index (χ1n) is 10.6. The second kappa shape index (κ2) is 10.1. The van der Waals surface area contributed by atoms with Crippen LogP contribution in [-0.2, 0) is 0 Å². The molecule has 1 saturated heterocycles. The summed E-state index contributed by atoms with van der Waals surface area (Å²) >= 11 is 3.49. The fourth-order valence-corrected chi connectivity index (χ4v) is 4.14. The Labute approximate surface area is 199 Å². The smallest absolute Gasteiger partial charge is 0.407 e. The van der Waals surface area contributed by atoms with E-state index in [1.807, 2.05) is 37.3 Å². The molecule has 1 amide bonds. The van der Waals surface area contributed by atoms with Gasteiger partial charge in [0.05, 0.1) is 24.9 Å². The third-order valence-electron chi connectivity index (χ3n) is 5.42. The Morgan fingerprint density at radius 3 is 2.67 bits per heavy atom. The Hall–Kier alpha value is -3.27. The van der Waals surface area contributed by atoms with Gasteiger partial charge in [0.25, 0.3) is 0 Å². The SMILES string of the molecule is CCOc1cc2ncnc(Nc3cc(Br)ccc3OC)c2cc1OC1CCN(C(=O)O)CC1. The number of piperidine rings is 1. The third kappa shape index (κ3) is 5.22. The molecular weight excluding hydrogens is 492 g/mol. The van der Waals surface area contributed by atoms with Crippen molar-refractivity contribution in [2.24, 2.45) is 0 Å². The Balaban J connectivity index is 1.67. The number of nitrogens with one attached hydrogen (secondary N) is 1. The van der Waals surface area contributed by atoms with Gasteiger partial charge in [0.2, 0.25) is 0 Å². The van der Waals surface area contributed by atoms with Gasteiger partial charge in [-0.25, -0.2) is 14.8 Å². The fraction of sp³-hybridized carbons (Fsp3) is 0.348. The van der Waals surface area contributed by atoms with Crippen molar-refractivity contribution in [3.63, 3.8) is 0 Å². The Morgan fingerprint density at radius 2 is 1.97 bits per heavy atom. The van der Waals surface area contributed by atoms with Crippen LogP contribution in [-0.4, -0.2) is 59.0 Å². The van der Waals surface area contributed by atoms with Gasteiger partial charge in [-0.05, 0) is 31.2 Å². The van der Waals surface area contributed by atoms with E-state index in [0.29, 0.717) is 61.1 Å². The molecule has 0 atom stereocenters. The minimum absolute atomic E-state index is 0.108. The summed E-state index contributed by atoms with van der Waals surface area (Å²) in [7, 11) is 1.61. The largest absolute Gasteiger partial charge is 0.495 e. The van der Waals surface area contributed by atoms with Gasteiger partial charge in [0.15, 0.2) is 11.5 Å². The van der Waals surface area contributed by atoms with Crippen molar-refractivity contribution in [1.29, 1.82) is 0 Å². The number of hydrogen-bond acceptors (Lipinski definition) is 7. The van der Waals surface area contributed by atoms with E-state index in [0.717, 1.165) is 15.5 Å². The Bertz CT molecular complexity index is 1150. The molecule has 1 aliphatic rings. The van der Waals surface area contributed by atoms with E-state index in [9.17, 15) is 9.90 Å². The summed E-state index contributed by atoms with van der Waals surface area (Å²) in [6.45, 7) is 3.27. The van der Waals surface area contributed by atoms with Crippen LogP contribution < -0.4 is 19.5 Å². The molecule has 10 heteroatoms. The number of halogens is 1. The lowest BCUT2D eigenvalue weighted by Gasteiger charge is -2.30. The number of likely N-dealkylation sites (tertiary alicyclic amines) is 1. The number of benzene rings is 2. The monoisotopic (exact) mass is 516 g/mol. The zero-order valence-electron chi connectivity index (χ0n) is 18.4. The van der Waals surface area contributed by atoms with Crippen LogP contribution in [0.25, 0.3) is 10.9 Å². The van der Waals surface area contributed by atoms with E-state index in [1.165, 1.54) is 11.2 Å². The third-order valence-corrected chi connectivity index (χ3v) is 5.91. The maximum Gasteiger partial charge on any atom is 0.407 e. The van der Waals surface area contributed by atoms with Crippen LogP contribution in [0.5, 0.6) is 17.2 Å². The van der Waals surface area contributed by atoms with Gasteiger partial charge < -0.3 is 29.5 Å². The van der Waals surface area contributed by atoms with Gasteiger partial charge in [-0.1, -0.05) is 15.9 Å². The maximum atomic E-state index is 11.2. The second-order valence-electron chi connectivity index (χ2n) is 7.53. The lowest BCUT2D eigenvalue weighted by Crippen LogP contribution is -2.41. The van der Waals surface area contributed by atoms with Crippen LogP contribution in [0.2, 0.25) is 0 Å². The number of amides is 1. The highest BCUT2D eigenvalue weighted by Crippen LogP contribution is 2.38. The van der Waals surface area contributed by atoms with Crippen LogP contribution >= 0.6 is 15.9 Å². The summed E-state index contributed by atoms with van der Waals surface area (Å²) in [6.07, 6.45) is 1.71. The maximum absolute atomic E-state index is 11.2. The summed E-state index contributed by atoms with van der Waals surface area (Å²) < 4.78 is 18.5. The van der Waals surface area contributed by atoms with Gasteiger partial charge in [0, 0.05) is 41.9 Å². The van der Waals surface area contributed by atoms with Crippen molar-refractivity contribution in [1.82, 2.24) is 14.9 Å². The molecule has 1 fully saturated rings. The first-order chi connectivity index (χ1) is 16.0. The van der Waals surface area contributed by atoms with Gasteiger partial charge in [-0.3, -0.25) is 0 Å². The van der Waals surface area contributed by atoms with Crippen LogP contribution in [0, 0.1) is 0 Å². The zero-order valence-corrected chi connectivity index (χ0v) is 20.0. The number of rotatable bonds is 7. The van der Waals surface area contributed by atoms with Gasteiger partial charge in [-0.2, -0.15) is 0 Å². The zero-order chi connectivity index (χ0) is 23.4. The number of hydrogen-bond donors (Lipinski definition) is 2. The van der Waals surface area contributed by atoms with Gasteiger partial charge in [0.1, 0.15) is 24.0 Å². The van der Waals surface area contributed by atoms with E-state index in [-0.39, 0.29) is 6.10 Å². The number of fused-ring (bicyclic) bond motifs is 1. The van der Waals surface area contributed by atoms with Crippen LogP contribution in [0.1, 0.15) is 19.8 Å². The number of methoxy groups -OCH3 is 1. The Kier molecular flexibility index (Phi) is 7.02. The molecule has 33 heavy (non-hydrogen) atoms. The molecule has 0 bridgehead atoms. The van der Waals surface area contributed by atoms with Crippen molar-refractivity contribution in [2.75, 3.05) is 32.1 Å². The standard InChI is InChI=1S/C23H25BrN4O5/c1-3-32-20-12-17-16(11-21(20)33-15-6-8-28(9-7-15)23(29)30)22(26-13-25-17)27-18-10-14(24)4-5-19(18)31-2/h4-5,10-13,15H,3,6-9H2,1-2H3,(H,29,30)(H,25,26,27). The fourth-order valence-electron chi connectivity index (χ4n) is 3.77. The summed E-state index contributed by atoms with van der Waals surface area (Å²) in [5, 5.41) is 13.3. The number of aromatic nitrogens is 2. The molecular formula is C23H25BrN4O5. The molecule has 0 radical (unpaired) electrons. The first kappa shape index (κ1) is 22.9. The average Bonchev–Trinajstić information content (AvgIpc) is 2.80. The predicted molar refractivity (Wildman–Crippen MR) is 128 cm³/mol. The summed E-state index contributed by atoms with van der Waals surface area (Å²) in [5.74, 6) is 2.45. The van der Waals surface area contributed by atoms with Crippen molar-refractivity contribution >= 4 is 44.4 Å². The number of carbonyl (C=O) groups is 1. The van der Waals surface area contributed by atoms with Crippen LogP contribution in [0.3, 0.4) is 0 Å². The molecule has 0 unspecified atom stereocenters. The number of carboxylic acid groups (broad SMARTS) is 1. The van der Waals surface area contributed by atoms with Crippen molar-refractivity contribution in [2.45, 2.75) is 25.9 Å². The molecule has 174 valence electrons. The molecule has 0 saturated carbocycles. The predicted octanol–water partition coefficient (Wildman–Crippen LogP) is 5.06. The average molecular weight is 517 g/mol. The normalized spacial score (nSPS) is 14.2.